The van der Waals surface area contributed by atoms with Gasteiger partial charge in [0.1, 0.15) is 11.4 Å². The fraction of sp³-hybridized carbons (Fsp3) is 0.323. The van der Waals surface area contributed by atoms with E-state index in [2.05, 4.69) is 24.1 Å². The van der Waals surface area contributed by atoms with E-state index < -0.39 is 29.3 Å². The maximum atomic E-state index is 16.1. The zero-order valence-corrected chi connectivity index (χ0v) is 23.9. The van der Waals surface area contributed by atoms with Crippen molar-refractivity contribution in [2.75, 3.05) is 11.9 Å². The van der Waals surface area contributed by atoms with Gasteiger partial charge in [0.05, 0.1) is 22.1 Å². The topological polar surface area (TPSA) is 87.5 Å². The van der Waals surface area contributed by atoms with E-state index in [1.807, 2.05) is 10.7 Å². The first-order chi connectivity index (χ1) is 19.6. The Morgan fingerprint density at radius 2 is 2.00 bits per heavy atom. The number of anilines is 1. The lowest BCUT2D eigenvalue weighted by atomic mass is 9.73. The number of nitrogens with one attached hydrogen (secondary N) is 1. The van der Waals surface area contributed by atoms with Crippen molar-refractivity contribution >= 4 is 51.7 Å². The molecule has 2 N–H and O–H groups in total. The lowest BCUT2D eigenvalue weighted by Crippen LogP contribution is -2.53. The molecule has 4 heterocycles. The molecule has 3 aliphatic rings. The second-order valence-corrected chi connectivity index (χ2v) is 12.4. The molecule has 0 bridgehead atoms. The van der Waals surface area contributed by atoms with Crippen LogP contribution in [0.4, 0.5) is 10.1 Å². The number of amides is 1. The van der Waals surface area contributed by atoms with Crippen LogP contribution in [-0.4, -0.2) is 44.3 Å². The highest BCUT2D eigenvalue weighted by Gasteiger charge is 2.69. The molecule has 7 rings (SSSR count). The number of benzene rings is 3. The third kappa shape index (κ3) is 3.63. The number of hydrogen-bond acceptors (Lipinski definition) is 4. The van der Waals surface area contributed by atoms with E-state index in [-0.39, 0.29) is 22.5 Å². The Balaban J connectivity index is 1.52. The summed E-state index contributed by atoms with van der Waals surface area (Å²) in [5, 5.41) is 18.9. The van der Waals surface area contributed by atoms with Gasteiger partial charge in [0.25, 0.3) is 0 Å². The SMILES string of the molecule is CC(C)CCN1[C@H]2Cc3c4ccc(C(=O)O)cc4nn3[C@H]2[C@H](c2cccc(Cl)c2F)[C@]12C(=O)Nc1cc(Cl)ccc12. The number of aromatic nitrogens is 2. The summed E-state index contributed by atoms with van der Waals surface area (Å²) in [5.41, 5.74) is 2.11. The van der Waals surface area contributed by atoms with Gasteiger partial charge >= 0.3 is 5.97 Å². The summed E-state index contributed by atoms with van der Waals surface area (Å²) in [6.45, 7) is 4.90. The minimum absolute atomic E-state index is 0.0143. The van der Waals surface area contributed by atoms with Crippen molar-refractivity contribution in [2.24, 2.45) is 5.92 Å². The zero-order valence-electron chi connectivity index (χ0n) is 22.4. The van der Waals surface area contributed by atoms with Crippen LogP contribution in [0.25, 0.3) is 10.9 Å². The minimum atomic E-state index is -1.24. The Kier molecular flexibility index (Phi) is 5.98. The number of carboxylic acids is 1. The number of halogens is 3. The van der Waals surface area contributed by atoms with Crippen molar-refractivity contribution in [3.05, 3.63) is 92.8 Å². The van der Waals surface area contributed by atoms with Gasteiger partial charge in [0.15, 0.2) is 0 Å². The van der Waals surface area contributed by atoms with Crippen molar-refractivity contribution in [2.45, 2.75) is 50.2 Å². The lowest BCUT2D eigenvalue weighted by Gasteiger charge is -2.40. The maximum Gasteiger partial charge on any atom is 0.335 e. The highest BCUT2D eigenvalue weighted by Crippen LogP contribution is 2.63. The van der Waals surface area contributed by atoms with Gasteiger partial charge in [-0.05, 0) is 48.2 Å². The molecule has 4 aromatic rings. The van der Waals surface area contributed by atoms with E-state index in [4.69, 9.17) is 28.3 Å². The summed E-state index contributed by atoms with van der Waals surface area (Å²) in [7, 11) is 0. The molecule has 0 saturated carbocycles. The smallest absolute Gasteiger partial charge is 0.335 e. The molecule has 1 spiro atoms. The predicted octanol–water partition coefficient (Wildman–Crippen LogP) is 6.64. The Morgan fingerprint density at radius 3 is 2.76 bits per heavy atom. The number of carbonyl (C=O) groups is 2. The van der Waals surface area contributed by atoms with Gasteiger partial charge in [-0.3, -0.25) is 14.4 Å². The summed E-state index contributed by atoms with van der Waals surface area (Å²) in [6.07, 6.45) is 1.40. The molecule has 41 heavy (non-hydrogen) atoms. The van der Waals surface area contributed by atoms with Gasteiger partial charge in [-0.1, -0.05) is 61.3 Å². The summed E-state index contributed by atoms with van der Waals surface area (Å²) in [5.74, 6) is -2.14. The molecule has 1 aromatic heterocycles. The molecule has 1 fully saturated rings. The van der Waals surface area contributed by atoms with Crippen molar-refractivity contribution < 1.29 is 19.1 Å². The minimum Gasteiger partial charge on any atom is -0.478 e. The van der Waals surface area contributed by atoms with Crippen LogP contribution >= 0.6 is 23.2 Å². The first kappa shape index (κ1) is 26.4. The Morgan fingerprint density at radius 1 is 1.20 bits per heavy atom. The zero-order chi connectivity index (χ0) is 28.8. The predicted molar refractivity (Wildman–Crippen MR) is 155 cm³/mol. The number of hydrogen-bond donors (Lipinski definition) is 2. The van der Waals surface area contributed by atoms with Gasteiger partial charge in [-0.2, -0.15) is 5.10 Å². The molecular weight excluding hydrogens is 566 g/mol. The molecular formula is C31H27Cl2FN4O3. The van der Waals surface area contributed by atoms with Crippen LogP contribution < -0.4 is 5.32 Å². The number of rotatable bonds is 5. The van der Waals surface area contributed by atoms with Gasteiger partial charge in [0.2, 0.25) is 5.91 Å². The first-order valence-corrected chi connectivity index (χ1v) is 14.4. The van der Waals surface area contributed by atoms with Crippen LogP contribution in [0, 0.1) is 11.7 Å². The Hall–Kier alpha value is -3.46. The molecule has 4 atom stereocenters. The summed E-state index contributed by atoms with van der Waals surface area (Å²) in [4.78, 5) is 28.3. The van der Waals surface area contributed by atoms with Crippen LogP contribution in [-0.2, 0) is 16.8 Å². The van der Waals surface area contributed by atoms with E-state index in [9.17, 15) is 14.7 Å². The van der Waals surface area contributed by atoms with Crippen LogP contribution in [0.3, 0.4) is 0 Å². The molecule has 210 valence electrons. The van der Waals surface area contributed by atoms with Gasteiger partial charge < -0.3 is 10.4 Å². The van der Waals surface area contributed by atoms with Crippen LogP contribution in [0.15, 0.2) is 54.6 Å². The number of nitrogens with zero attached hydrogens (tertiary/aromatic N) is 3. The van der Waals surface area contributed by atoms with Gasteiger partial charge in [0, 0.05) is 52.3 Å². The fourth-order valence-electron chi connectivity index (χ4n) is 7.36. The highest BCUT2D eigenvalue weighted by molar-refractivity contribution is 6.31. The molecule has 3 aromatic carbocycles. The number of fused-ring (bicyclic) bond motifs is 7. The molecule has 0 aliphatic carbocycles. The molecule has 7 nitrogen and oxygen atoms in total. The number of carboxylic acid groups (broad SMARTS) is 1. The molecule has 3 aliphatic heterocycles. The van der Waals surface area contributed by atoms with E-state index >= 15 is 4.39 Å². The quantitative estimate of drug-likeness (QED) is 0.271. The summed E-state index contributed by atoms with van der Waals surface area (Å²) < 4.78 is 18.0. The normalized spacial score (nSPS) is 24.7. The average Bonchev–Trinajstić information content (AvgIpc) is 3.61. The molecule has 10 heteroatoms. The molecule has 0 unspecified atom stereocenters. The highest BCUT2D eigenvalue weighted by atomic mass is 35.5. The third-order valence-corrected chi connectivity index (χ3v) is 9.55. The number of aromatic carboxylic acids is 1. The monoisotopic (exact) mass is 592 g/mol. The van der Waals surface area contributed by atoms with E-state index in [0.717, 1.165) is 23.1 Å². The summed E-state index contributed by atoms with van der Waals surface area (Å²) in [6, 6.07) is 14.7. The largest absolute Gasteiger partial charge is 0.478 e. The number of likely N-dealkylation sites (tertiary alicyclic amines) is 1. The van der Waals surface area contributed by atoms with Crippen LogP contribution in [0.5, 0.6) is 0 Å². The van der Waals surface area contributed by atoms with Gasteiger partial charge in [-0.15, -0.1) is 0 Å². The molecule has 1 amide bonds. The first-order valence-electron chi connectivity index (χ1n) is 13.7. The van der Waals surface area contributed by atoms with E-state index in [1.54, 1.807) is 42.5 Å². The van der Waals surface area contributed by atoms with Crippen molar-refractivity contribution in [3.8, 4) is 0 Å². The van der Waals surface area contributed by atoms with Crippen LogP contribution in [0.2, 0.25) is 10.0 Å². The molecule has 0 radical (unpaired) electrons. The lowest BCUT2D eigenvalue weighted by molar-refractivity contribution is -0.128. The third-order valence-electron chi connectivity index (χ3n) is 9.02. The van der Waals surface area contributed by atoms with E-state index in [1.165, 1.54) is 6.07 Å². The average molecular weight is 593 g/mol. The summed E-state index contributed by atoms with van der Waals surface area (Å²) >= 11 is 12.7. The fourth-order valence-corrected chi connectivity index (χ4v) is 7.72. The second kappa shape index (κ2) is 9.28. The van der Waals surface area contributed by atoms with Crippen molar-refractivity contribution in [3.63, 3.8) is 0 Å². The van der Waals surface area contributed by atoms with Crippen molar-refractivity contribution in [1.82, 2.24) is 14.7 Å². The van der Waals surface area contributed by atoms with Crippen molar-refractivity contribution in [1.29, 1.82) is 0 Å². The second-order valence-electron chi connectivity index (χ2n) is 11.6. The maximum absolute atomic E-state index is 16.1. The standard InChI is InChI=1S/C31H27Cl2FN4O3/c1-15(2)10-11-37-25-14-24-18-8-6-16(29(39)40)12-22(18)36-38(24)28(25)26(19-4-3-5-21(33)27(19)34)31(37)20-9-7-17(32)13-23(20)35-30(31)41/h3-9,12-13,15,25-26,28H,10-11,14H2,1-2H3,(H,35,41)(H,39,40)/t25-,26-,28+,31+/m0/s1. The number of carbonyl (C=O) groups excluding carboxylic acids is 1. The Labute approximate surface area is 245 Å². The van der Waals surface area contributed by atoms with Gasteiger partial charge in [-0.25, -0.2) is 9.18 Å². The Bertz CT molecular complexity index is 1770. The van der Waals surface area contributed by atoms with E-state index in [0.29, 0.717) is 40.7 Å². The molecule has 1 saturated heterocycles. The van der Waals surface area contributed by atoms with Crippen LogP contribution in [0.1, 0.15) is 59.4 Å².